The van der Waals surface area contributed by atoms with Crippen molar-refractivity contribution in [3.8, 4) is 12.0 Å². The van der Waals surface area contributed by atoms with Crippen molar-refractivity contribution in [2.24, 2.45) is 5.41 Å². The zero-order chi connectivity index (χ0) is 21.9. The van der Waals surface area contributed by atoms with Gasteiger partial charge in [0.25, 0.3) is 0 Å². The predicted molar refractivity (Wildman–Crippen MR) is 94.7 cm³/mol. The number of carboxylic acids is 2. The van der Waals surface area contributed by atoms with Crippen LogP contribution in [0.25, 0.3) is 0 Å². The molecular formula is C15H21N3O10S. The molecule has 29 heavy (non-hydrogen) atoms. The Bertz CT molecular complexity index is 669. The van der Waals surface area contributed by atoms with Gasteiger partial charge in [0.2, 0.25) is 0 Å². The molecule has 0 aliphatic carbocycles. The second-order valence-corrected chi connectivity index (χ2v) is 6.61. The minimum absolute atomic E-state index is 0.0937. The van der Waals surface area contributed by atoms with Crippen LogP contribution in [0.15, 0.2) is 5.16 Å². The van der Waals surface area contributed by atoms with Gasteiger partial charge in [0.1, 0.15) is 6.61 Å². The lowest BCUT2D eigenvalue weighted by atomic mass is 9.88. The lowest BCUT2D eigenvalue weighted by Crippen LogP contribution is -2.35. The summed E-state index contributed by atoms with van der Waals surface area (Å²) in [5, 5.41) is 35.9. The summed E-state index contributed by atoms with van der Waals surface area (Å²) in [6.45, 7) is -0.680. The van der Waals surface area contributed by atoms with Gasteiger partial charge in [-0.2, -0.15) is 9.97 Å². The maximum absolute atomic E-state index is 11.9. The molecule has 0 saturated carbocycles. The number of carbonyl (C=O) groups is 3. The molecule has 0 bridgehead atoms. The standard InChI is InChI=1S/C15H21N3O10S/c1-2-15(6-19,7-20)8-28-11(25)5-29-14-17-12(26-3-9(21)22)16-13(18-14)27-4-10(23)24/h19-20H,2-8H2,1H3,(H,21,22)(H,23,24). The number of aromatic nitrogens is 3. The molecule has 0 amide bonds. The molecule has 13 nitrogen and oxygen atoms in total. The van der Waals surface area contributed by atoms with Gasteiger partial charge in [-0.25, -0.2) is 9.59 Å². The van der Waals surface area contributed by atoms with Crippen LogP contribution < -0.4 is 9.47 Å². The number of carboxylic acid groups (broad SMARTS) is 2. The maximum Gasteiger partial charge on any atom is 0.341 e. The van der Waals surface area contributed by atoms with E-state index in [2.05, 4.69) is 15.0 Å². The number of carbonyl (C=O) groups excluding carboxylic acids is 1. The highest BCUT2D eigenvalue weighted by molar-refractivity contribution is 7.99. The number of nitrogens with zero attached hydrogens (tertiary/aromatic N) is 3. The van der Waals surface area contributed by atoms with E-state index in [1.807, 2.05) is 0 Å². The van der Waals surface area contributed by atoms with E-state index < -0.39 is 48.6 Å². The fourth-order valence-corrected chi connectivity index (χ4v) is 2.25. The molecule has 14 heteroatoms. The summed E-state index contributed by atoms with van der Waals surface area (Å²) < 4.78 is 14.7. The summed E-state index contributed by atoms with van der Waals surface area (Å²) in [4.78, 5) is 44.3. The highest BCUT2D eigenvalue weighted by atomic mass is 32.2. The first-order chi connectivity index (χ1) is 13.7. The Morgan fingerprint density at radius 3 is 1.90 bits per heavy atom. The molecule has 0 aliphatic rings. The average molecular weight is 435 g/mol. The lowest BCUT2D eigenvalue weighted by Gasteiger charge is -2.27. The molecule has 0 radical (unpaired) electrons. The molecule has 4 N–H and O–H groups in total. The first-order valence-electron chi connectivity index (χ1n) is 8.19. The quantitative estimate of drug-likeness (QED) is 0.201. The number of aliphatic carboxylic acids is 2. The molecule has 0 aromatic carbocycles. The van der Waals surface area contributed by atoms with Gasteiger partial charge < -0.3 is 34.6 Å². The number of hydrogen-bond acceptors (Lipinski definition) is 12. The predicted octanol–water partition coefficient (Wildman–Crippen LogP) is -1.19. The van der Waals surface area contributed by atoms with Crippen molar-refractivity contribution in [2.45, 2.75) is 18.5 Å². The van der Waals surface area contributed by atoms with Crippen LogP contribution in [0.3, 0.4) is 0 Å². The second-order valence-electron chi connectivity index (χ2n) is 5.67. The molecular weight excluding hydrogens is 414 g/mol. The normalized spacial score (nSPS) is 11.0. The van der Waals surface area contributed by atoms with Gasteiger partial charge in [-0.3, -0.25) is 4.79 Å². The van der Waals surface area contributed by atoms with Crippen LogP contribution in [0, 0.1) is 5.41 Å². The molecule has 0 fully saturated rings. The molecule has 0 atom stereocenters. The number of thioether (sulfide) groups is 1. The van der Waals surface area contributed by atoms with E-state index in [-0.39, 0.29) is 30.7 Å². The molecule has 0 unspecified atom stereocenters. The SMILES string of the molecule is CCC(CO)(CO)COC(=O)CSc1nc(OCC(=O)O)nc(OCC(=O)O)n1. The summed E-state index contributed by atoms with van der Waals surface area (Å²) in [5.41, 5.74) is -0.941. The van der Waals surface area contributed by atoms with Gasteiger partial charge >= 0.3 is 29.9 Å². The van der Waals surface area contributed by atoms with Crippen LogP contribution in [0.1, 0.15) is 13.3 Å². The third-order valence-electron chi connectivity index (χ3n) is 3.50. The van der Waals surface area contributed by atoms with Crippen LogP contribution in [0.5, 0.6) is 12.0 Å². The smallest absolute Gasteiger partial charge is 0.341 e. The van der Waals surface area contributed by atoms with Gasteiger partial charge in [-0.1, -0.05) is 18.7 Å². The number of aliphatic hydroxyl groups excluding tert-OH is 2. The van der Waals surface area contributed by atoms with E-state index in [0.717, 1.165) is 11.8 Å². The van der Waals surface area contributed by atoms with Gasteiger partial charge in [-0.05, 0) is 6.42 Å². The van der Waals surface area contributed by atoms with Crippen LogP contribution in [0.2, 0.25) is 0 Å². The minimum atomic E-state index is -1.29. The molecule has 0 aliphatic heterocycles. The molecule has 0 saturated heterocycles. The third-order valence-corrected chi connectivity index (χ3v) is 4.32. The largest absolute Gasteiger partial charge is 0.479 e. The summed E-state index contributed by atoms with van der Waals surface area (Å²) in [6, 6.07) is -0.853. The van der Waals surface area contributed by atoms with Crippen molar-refractivity contribution in [3.63, 3.8) is 0 Å². The Kier molecular flexibility index (Phi) is 10.1. The second kappa shape index (κ2) is 12.0. The topological polar surface area (TPSA) is 198 Å². The van der Waals surface area contributed by atoms with Gasteiger partial charge in [0, 0.05) is 0 Å². The van der Waals surface area contributed by atoms with E-state index in [9.17, 15) is 24.6 Å². The van der Waals surface area contributed by atoms with E-state index in [1.54, 1.807) is 6.92 Å². The van der Waals surface area contributed by atoms with Crippen molar-refractivity contribution >= 4 is 29.7 Å². The Balaban J connectivity index is 2.75. The lowest BCUT2D eigenvalue weighted by molar-refractivity contribution is -0.146. The number of ether oxygens (including phenoxy) is 3. The molecule has 1 aromatic rings. The van der Waals surface area contributed by atoms with Crippen LogP contribution >= 0.6 is 11.8 Å². The Morgan fingerprint density at radius 1 is 0.966 bits per heavy atom. The van der Waals surface area contributed by atoms with E-state index in [1.165, 1.54) is 0 Å². The number of hydrogen-bond donors (Lipinski definition) is 4. The van der Waals surface area contributed by atoms with Crippen molar-refractivity contribution in [1.29, 1.82) is 0 Å². The Labute approximate surface area is 169 Å². The number of aliphatic hydroxyl groups is 2. The first-order valence-corrected chi connectivity index (χ1v) is 9.17. The van der Waals surface area contributed by atoms with Crippen LogP contribution in [-0.2, 0) is 19.1 Å². The number of esters is 1. The Morgan fingerprint density at radius 2 is 1.48 bits per heavy atom. The van der Waals surface area contributed by atoms with Crippen molar-refractivity contribution in [1.82, 2.24) is 15.0 Å². The summed E-state index contributed by atoms with van der Waals surface area (Å²) in [7, 11) is 0. The Hall–Kier alpha value is -2.71. The van der Waals surface area contributed by atoms with Crippen molar-refractivity contribution < 1.29 is 49.0 Å². The first kappa shape index (κ1) is 24.3. The van der Waals surface area contributed by atoms with Crippen molar-refractivity contribution in [3.05, 3.63) is 0 Å². The zero-order valence-corrected chi connectivity index (χ0v) is 16.3. The summed E-state index contributed by atoms with van der Waals surface area (Å²) >= 11 is 0.782. The highest BCUT2D eigenvalue weighted by Gasteiger charge is 2.28. The van der Waals surface area contributed by atoms with E-state index in [0.29, 0.717) is 6.42 Å². The molecule has 1 rings (SSSR count). The minimum Gasteiger partial charge on any atom is -0.479 e. The fourth-order valence-electron chi connectivity index (χ4n) is 1.63. The molecule has 162 valence electrons. The van der Waals surface area contributed by atoms with Gasteiger partial charge in [0.15, 0.2) is 18.4 Å². The summed E-state index contributed by atoms with van der Waals surface area (Å²) in [5.74, 6) is -3.53. The fraction of sp³-hybridized carbons (Fsp3) is 0.600. The van der Waals surface area contributed by atoms with E-state index in [4.69, 9.17) is 24.4 Å². The molecule has 0 spiro atoms. The molecule has 1 aromatic heterocycles. The third kappa shape index (κ3) is 8.89. The van der Waals surface area contributed by atoms with Crippen molar-refractivity contribution in [2.75, 3.05) is 38.8 Å². The zero-order valence-electron chi connectivity index (χ0n) is 15.4. The maximum atomic E-state index is 11.9. The van der Waals surface area contributed by atoms with Gasteiger partial charge in [0.05, 0.1) is 24.4 Å². The average Bonchev–Trinajstić information content (AvgIpc) is 2.70. The van der Waals surface area contributed by atoms with E-state index >= 15 is 0 Å². The summed E-state index contributed by atoms with van der Waals surface area (Å²) in [6.07, 6.45) is 0.391. The van der Waals surface area contributed by atoms with Crippen LogP contribution in [-0.4, -0.2) is 92.1 Å². The molecule has 1 heterocycles. The van der Waals surface area contributed by atoms with Crippen LogP contribution in [0.4, 0.5) is 0 Å². The monoisotopic (exact) mass is 435 g/mol. The number of rotatable bonds is 14. The van der Waals surface area contributed by atoms with Gasteiger partial charge in [-0.15, -0.1) is 4.98 Å². The highest BCUT2D eigenvalue weighted by Crippen LogP contribution is 2.22.